The molecule has 1 N–H and O–H groups in total. The van der Waals surface area contributed by atoms with Crippen molar-refractivity contribution in [1.29, 1.82) is 5.26 Å². The summed E-state index contributed by atoms with van der Waals surface area (Å²) >= 11 is 3.49. The number of nitrogens with one attached hydrogen (secondary N) is 1. The van der Waals surface area contributed by atoms with Gasteiger partial charge in [-0.05, 0) is 61.6 Å². The molecule has 2 unspecified atom stereocenters. The van der Waals surface area contributed by atoms with Crippen LogP contribution in [0.1, 0.15) is 52.9 Å². The van der Waals surface area contributed by atoms with Crippen LogP contribution in [0.2, 0.25) is 0 Å². The molecule has 2 rings (SSSR count). The number of hydrogen-bond donors (Lipinski definition) is 1. The predicted molar refractivity (Wildman–Crippen MR) is 92.1 cm³/mol. The molecule has 1 aliphatic carbocycles. The SMILES string of the molecule is CC(C)(C)C1CCCC(C#N)(Nc2cccc(Br)c2)CC1. The van der Waals surface area contributed by atoms with Gasteiger partial charge in [0.05, 0.1) is 6.07 Å². The van der Waals surface area contributed by atoms with Gasteiger partial charge in [-0.1, -0.05) is 42.8 Å². The molecule has 0 aromatic heterocycles. The average molecular weight is 349 g/mol. The predicted octanol–water partition coefficient (Wildman–Crippen LogP) is 5.75. The number of halogens is 1. The van der Waals surface area contributed by atoms with Crippen LogP contribution in [-0.4, -0.2) is 5.54 Å². The second-order valence-electron chi connectivity index (χ2n) is 7.32. The third-order valence-electron chi connectivity index (χ3n) is 4.72. The first-order valence-electron chi connectivity index (χ1n) is 7.80. The van der Waals surface area contributed by atoms with Crippen molar-refractivity contribution in [3.8, 4) is 6.07 Å². The largest absolute Gasteiger partial charge is 0.367 e. The minimum atomic E-state index is -0.416. The van der Waals surface area contributed by atoms with Crippen molar-refractivity contribution in [3.05, 3.63) is 28.7 Å². The molecular formula is C18H25BrN2. The van der Waals surface area contributed by atoms with Crippen LogP contribution in [-0.2, 0) is 0 Å². The Morgan fingerprint density at radius 3 is 2.67 bits per heavy atom. The zero-order chi connectivity index (χ0) is 15.5. The van der Waals surface area contributed by atoms with Gasteiger partial charge >= 0.3 is 0 Å². The first-order valence-corrected chi connectivity index (χ1v) is 8.59. The normalized spacial score (nSPS) is 26.7. The van der Waals surface area contributed by atoms with Gasteiger partial charge in [0.1, 0.15) is 5.54 Å². The highest BCUT2D eigenvalue weighted by Crippen LogP contribution is 2.40. The van der Waals surface area contributed by atoms with E-state index >= 15 is 0 Å². The van der Waals surface area contributed by atoms with E-state index < -0.39 is 5.54 Å². The fraction of sp³-hybridized carbons (Fsp3) is 0.611. The summed E-state index contributed by atoms with van der Waals surface area (Å²) in [5.41, 5.74) is 0.947. The zero-order valence-electron chi connectivity index (χ0n) is 13.2. The third kappa shape index (κ3) is 4.23. The molecule has 0 amide bonds. The lowest BCUT2D eigenvalue weighted by Gasteiger charge is -2.31. The molecule has 1 saturated carbocycles. The Morgan fingerprint density at radius 2 is 2.05 bits per heavy atom. The van der Waals surface area contributed by atoms with Gasteiger partial charge in [0.15, 0.2) is 0 Å². The second kappa shape index (κ2) is 6.40. The average Bonchev–Trinajstić information content (AvgIpc) is 2.62. The van der Waals surface area contributed by atoms with Gasteiger partial charge < -0.3 is 5.32 Å². The monoisotopic (exact) mass is 348 g/mol. The lowest BCUT2D eigenvalue weighted by Crippen LogP contribution is -2.36. The van der Waals surface area contributed by atoms with Crippen LogP contribution < -0.4 is 5.32 Å². The molecule has 0 aliphatic heterocycles. The summed E-state index contributed by atoms with van der Waals surface area (Å²) in [6.07, 6.45) is 5.34. The van der Waals surface area contributed by atoms with Gasteiger partial charge in [-0.25, -0.2) is 0 Å². The molecule has 2 nitrogen and oxygen atoms in total. The minimum Gasteiger partial charge on any atom is -0.367 e. The van der Waals surface area contributed by atoms with Gasteiger partial charge in [-0.3, -0.25) is 0 Å². The summed E-state index contributed by atoms with van der Waals surface area (Å²) in [6, 6.07) is 10.7. The summed E-state index contributed by atoms with van der Waals surface area (Å²) in [4.78, 5) is 0. The Balaban J connectivity index is 2.14. The molecule has 2 atom stereocenters. The second-order valence-corrected chi connectivity index (χ2v) is 8.24. The lowest BCUT2D eigenvalue weighted by molar-refractivity contribution is 0.213. The summed E-state index contributed by atoms with van der Waals surface area (Å²) in [6.45, 7) is 6.95. The molecule has 21 heavy (non-hydrogen) atoms. The standard InChI is InChI=1S/C18H25BrN2/c1-17(2,3)14-6-5-10-18(13-20,11-9-14)21-16-8-4-7-15(19)12-16/h4,7-8,12,14,21H,5-6,9-11H2,1-3H3. The molecule has 114 valence electrons. The Hall–Kier alpha value is -1.01. The van der Waals surface area contributed by atoms with E-state index in [0.29, 0.717) is 11.3 Å². The fourth-order valence-corrected chi connectivity index (χ4v) is 3.71. The topological polar surface area (TPSA) is 35.8 Å². The quantitative estimate of drug-likeness (QED) is 0.690. The van der Waals surface area contributed by atoms with Crippen LogP contribution in [0.3, 0.4) is 0 Å². The first kappa shape index (κ1) is 16.4. The highest BCUT2D eigenvalue weighted by atomic mass is 79.9. The van der Waals surface area contributed by atoms with E-state index in [4.69, 9.17) is 0 Å². The Kier molecular flexibility index (Phi) is 4.99. The molecule has 0 saturated heterocycles. The van der Waals surface area contributed by atoms with Crippen molar-refractivity contribution >= 4 is 21.6 Å². The molecule has 0 radical (unpaired) electrons. The van der Waals surface area contributed by atoms with Crippen molar-refractivity contribution in [2.24, 2.45) is 11.3 Å². The van der Waals surface area contributed by atoms with E-state index in [1.165, 1.54) is 6.42 Å². The Bertz CT molecular complexity index is 527. The summed E-state index contributed by atoms with van der Waals surface area (Å²) in [5, 5.41) is 13.3. The highest BCUT2D eigenvalue weighted by molar-refractivity contribution is 9.10. The number of nitrogens with zero attached hydrogens (tertiary/aromatic N) is 1. The van der Waals surface area contributed by atoms with Gasteiger partial charge in [-0.2, -0.15) is 5.26 Å². The summed E-state index contributed by atoms with van der Waals surface area (Å²) in [5.74, 6) is 0.706. The van der Waals surface area contributed by atoms with E-state index in [0.717, 1.165) is 35.8 Å². The Labute approximate surface area is 137 Å². The van der Waals surface area contributed by atoms with Crippen molar-refractivity contribution < 1.29 is 0 Å². The number of nitriles is 1. The van der Waals surface area contributed by atoms with Crippen LogP contribution in [0, 0.1) is 22.7 Å². The first-order chi connectivity index (χ1) is 9.85. The number of rotatable bonds is 2. The van der Waals surface area contributed by atoms with E-state index in [1.807, 2.05) is 24.3 Å². The maximum absolute atomic E-state index is 9.76. The highest BCUT2D eigenvalue weighted by Gasteiger charge is 2.36. The molecule has 0 spiro atoms. The van der Waals surface area contributed by atoms with E-state index in [9.17, 15) is 5.26 Å². The maximum atomic E-state index is 9.76. The van der Waals surface area contributed by atoms with Gasteiger partial charge in [-0.15, -0.1) is 0 Å². The maximum Gasteiger partial charge on any atom is 0.125 e. The molecule has 1 fully saturated rings. The lowest BCUT2D eigenvalue weighted by atomic mass is 9.76. The molecule has 1 aliphatic rings. The minimum absolute atomic E-state index is 0.335. The van der Waals surface area contributed by atoms with Crippen LogP contribution >= 0.6 is 15.9 Å². The number of anilines is 1. The van der Waals surface area contributed by atoms with Crippen molar-refractivity contribution in [2.45, 2.75) is 58.4 Å². The van der Waals surface area contributed by atoms with Gasteiger partial charge in [0, 0.05) is 10.2 Å². The van der Waals surface area contributed by atoms with Gasteiger partial charge in [0.25, 0.3) is 0 Å². The van der Waals surface area contributed by atoms with Crippen LogP contribution in [0.25, 0.3) is 0 Å². The van der Waals surface area contributed by atoms with Gasteiger partial charge in [0.2, 0.25) is 0 Å². The molecule has 3 heteroatoms. The summed E-state index contributed by atoms with van der Waals surface area (Å²) in [7, 11) is 0. The number of hydrogen-bond acceptors (Lipinski definition) is 2. The molecule has 0 bridgehead atoms. The van der Waals surface area contributed by atoms with Crippen LogP contribution in [0.5, 0.6) is 0 Å². The van der Waals surface area contributed by atoms with Crippen LogP contribution in [0.4, 0.5) is 5.69 Å². The third-order valence-corrected chi connectivity index (χ3v) is 5.22. The van der Waals surface area contributed by atoms with E-state index in [2.05, 4.69) is 48.1 Å². The van der Waals surface area contributed by atoms with Crippen LogP contribution in [0.15, 0.2) is 28.7 Å². The van der Waals surface area contributed by atoms with Crippen molar-refractivity contribution in [1.82, 2.24) is 0 Å². The van der Waals surface area contributed by atoms with E-state index in [1.54, 1.807) is 0 Å². The summed E-state index contributed by atoms with van der Waals surface area (Å²) < 4.78 is 1.04. The van der Waals surface area contributed by atoms with Crippen molar-refractivity contribution in [2.75, 3.05) is 5.32 Å². The molecule has 0 heterocycles. The molecule has 1 aromatic rings. The smallest absolute Gasteiger partial charge is 0.125 e. The molecular weight excluding hydrogens is 324 g/mol. The fourth-order valence-electron chi connectivity index (χ4n) is 3.31. The number of benzene rings is 1. The molecule has 1 aromatic carbocycles. The Morgan fingerprint density at radius 1 is 1.29 bits per heavy atom. The van der Waals surface area contributed by atoms with E-state index in [-0.39, 0.29) is 0 Å². The van der Waals surface area contributed by atoms with Crippen molar-refractivity contribution in [3.63, 3.8) is 0 Å². The zero-order valence-corrected chi connectivity index (χ0v) is 14.8.